The first-order valence-corrected chi connectivity index (χ1v) is 5.67. The summed E-state index contributed by atoms with van der Waals surface area (Å²) < 4.78 is 70.8. The SMILES string of the molecule is NS(=O)(=O)Cc1ccc(F)c(C(F)(F)F)c1. The lowest BCUT2D eigenvalue weighted by Gasteiger charge is -2.09. The summed E-state index contributed by atoms with van der Waals surface area (Å²) >= 11 is 0. The van der Waals surface area contributed by atoms with Gasteiger partial charge in [-0.05, 0) is 17.7 Å². The largest absolute Gasteiger partial charge is 0.419 e. The van der Waals surface area contributed by atoms with E-state index in [4.69, 9.17) is 0 Å². The minimum absolute atomic E-state index is 0.212. The molecule has 0 saturated heterocycles. The molecule has 1 aromatic rings. The second kappa shape index (κ2) is 4.02. The molecule has 0 aromatic heterocycles. The number of nitrogens with two attached hydrogens (primary N) is 1. The van der Waals surface area contributed by atoms with Crippen molar-refractivity contribution in [2.24, 2.45) is 5.14 Å². The maximum Gasteiger partial charge on any atom is 0.419 e. The van der Waals surface area contributed by atoms with Crippen LogP contribution in [-0.2, 0) is 22.0 Å². The second-order valence-corrected chi connectivity index (χ2v) is 4.73. The highest BCUT2D eigenvalue weighted by Gasteiger charge is 2.34. The van der Waals surface area contributed by atoms with E-state index in [1.807, 2.05) is 0 Å². The van der Waals surface area contributed by atoms with Crippen molar-refractivity contribution in [3.63, 3.8) is 0 Å². The standard InChI is InChI=1S/C8H7F4NO2S/c9-7-2-1-5(4-16(13,14)15)3-6(7)8(10,11)12/h1-3H,4H2,(H2,13,14,15). The van der Waals surface area contributed by atoms with E-state index in [0.29, 0.717) is 12.1 Å². The first-order valence-electron chi connectivity index (χ1n) is 3.96. The fourth-order valence-corrected chi connectivity index (χ4v) is 1.76. The van der Waals surface area contributed by atoms with Crippen molar-refractivity contribution in [2.75, 3.05) is 0 Å². The van der Waals surface area contributed by atoms with E-state index in [1.165, 1.54) is 0 Å². The number of rotatable bonds is 2. The van der Waals surface area contributed by atoms with E-state index >= 15 is 0 Å². The van der Waals surface area contributed by atoms with Gasteiger partial charge in [0.05, 0.1) is 11.3 Å². The highest BCUT2D eigenvalue weighted by molar-refractivity contribution is 7.88. The molecule has 0 unspecified atom stereocenters. The predicted octanol–water partition coefficient (Wildman–Crippen LogP) is 1.63. The van der Waals surface area contributed by atoms with E-state index < -0.39 is 33.3 Å². The Balaban J connectivity index is 3.18. The van der Waals surface area contributed by atoms with Crippen LogP contribution in [0, 0.1) is 5.82 Å². The van der Waals surface area contributed by atoms with Crippen LogP contribution in [0.1, 0.15) is 11.1 Å². The monoisotopic (exact) mass is 257 g/mol. The zero-order valence-corrected chi connectivity index (χ0v) is 8.57. The van der Waals surface area contributed by atoms with Gasteiger partial charge in [0.1, 0.15) is 5.82 Å². The molecule has 2 N–H and O–H groups in total. The molecule has 0 saturated carbocycles. The Morgan fingerprint density at radius 2 is 1.81 bits per heavy atom. The summed E-state index contributed by atoms with van der Waals surface area (Å²) in [6.07, 6.45) is -4.86. The average molecular weight is 257 g/mol. The van der Waals surface area contributed by atoms with Crippen molar-refractivity contribution in [1.82, 2.24) is 0 Å². The molecule has 0 bridgehead atoms. The molecule has 0 aliphatic heterocycles. The van der Waals surface area contributed by atoms with Gasteiger partial charge in [0, 0.05) is 0 Å². The van der Waals surface area contributed by atoms with Crippen molar-refractivity contribution < 1.29 is 26.0 Å². The van der Waals surface area contributed by atoms with E-state index in [9.17, 15) is 26.0 Å². The van der Waals surface area contributed by atoms with Gasteiger partial charge in [0.15, 0.2) is 0 Å². The van der Waals surface area contributed by atoms with Crippen LogP contribution in [0.5, 0.6) is 0 Å². The first kappa shape index (κ1) is 12.9. The van der Waals surface area contributed by atoms with Gasteiger partial charge in [-0.2, -0.15) is 13.2 Å². The lowest BCUT2D eigenvalue weighted by molar-refractivity contribution is -0.140. The van der Waals surface area contributed by atoms with Crippen LogP contribution < -0.4 is 5.14 Å². The van der Waals surface area contributed by atoms with Crippen LogP contribution in [0.2, 0.25) is 0 Å². The van der Waals surface area contributed by atoms with Gasteiger partial charge in [-0.25, -0.2) is 17.9 Å². The first-order chi connectivity index (χ1) is 7.09. The third-order valence-electron chi connectivity index (χ3n) is 1.70. The minimum Gasteiger partial charge on any atom is -0.228 e. The molecule has 1 rings (SSSR count). The Bertz CT molecular complexity index is 495. The molecule has 8 heteroatoms. The third kappa shape index (κ3) is 3.46. The molecular formula is C8H7F4NO2S. The molecule has 0 heterocycles. The van der Waals surface area contributed by atoms with Gasteiger partial charge >= 0.3 is 6.18 Å². The van der Waals surface area contributed by atoms with Crippen LogP contribution in [0.3, 0.4) is 0 Å². The molecule has 0 amide bonds. The summed E-state index contributed by atoms with van der Waals surface area (Å²) in [6, 6.07) is 1.93. The average Bonchev–Trinajstić information content (AvgIpc) is 2.04. The highest BCUT2D eigenvalue weighted by Crippen LogP contribution is 2.32. The van der Waals surface area contributed by atoms with Crippen LogP contribution in [0.25, 0.3) is 0 Å². The summed E-state index contributed by atoms with van der Waals surface area (Å²) in [4.78, 5) is 0. The number of primary sulfonamides is 1. The zero-order chi connectivity index (χ0) is 12.6. The number of alkyl halides is 3. The number of halogens is 4. The Morgan fingerprint density at radius 1 is 1.25 bits per heavy atom. The fraction of sp³-hybridized carbons (Fsp3) is 0.250. The van der Waals surface area contributed by atoms with Crippen LogP contribution in [0.15, 0.2) is 18.2 Å². The number of benzene rings is 1. The van der Waals surface area contributed by atoms with Crippen molar-refractivity contribution in [3.05, 3.63) is 35.1 Å². The summed E-state index contributed by atoms with van der Waals surface area (Å²) in [6.45, 7) is 0. The van der Waals surface area contributed by atoms with Gasteiger partial charge < -0.3 is 0 Å². The molecule has 0 aliphatic carbocycles. The zero-order valence-electron chi connectivity index (χ0n) is 7.75. The number of sulfonamides is 1. The number of hydrogen-bond donors (Lipinski definition) is 1. The van der Waals surface area contributed by atoms with E-state index in [-0.39, 0.29) is 5.56 Å². The molecule has 90 valence electrons. The summed E-state index contributed by atoms with van der Waals surface area (Å²) in [7, 11) is -3.94. The Kier molecular flexibility index (Phi) is 3.25. The van der Waals surface area contributed by atoms with Gasteiger partial charge in [-0.3, -0.25) is 0 Å². The number of hydrogen-bond acceptors (Lipinski definition) is 2. The van der Waals surface area contributed by atoms with Crippen LogP contribution in [0.4, 0.5) is 17.6 Å². The van der Waals surface area contributed by atoms with Crippen molar-refractivity contribution in [1.29, 1.82) is 0 Å². The highest BCUT2D eigenvalue weighted by atomic mass is 32.2. The normalized spacial score (nSPS) is 12.8. The lowest BCUT2D eigenvalue weighted by atomic mass is 10.1. The summed E-state index contributed by atoms with van der Waals surface area (Å²) in [5.74, 6) is -2.22. The van der Waals surface area contributed by atoms with Gasteiger partial charge in [-0.15, -0.1) is 0 Å². The molecule has 1 aromatic carbocycles. The molecule has 16 heavy (non-hydrogen) atoms. The molecular weight excluding hydrogens is 250 g/mol. The van der Waals surface area contributed by atoms with Crippen LogP contribution in [-0.4, -0.2) is 8.42 Å². The Morgan fingerprint density at radius 3 is 2.25 bits per heavy atom. The summed E-state index contributed by atoms with van der Waals surface area (Å²) in [5.41, 5.74) is -1.72. The van der Waals surface area contributed by atoms with Gasteiger partial charge in [0.2, 0.25) is 10.0 Å². The molecule has 0 aliphatic rings. The molecule has 3 nitrogen and oxygen atoms in total. The molecule has 0 radical (unpaired) electrons. The maximum absolute atomic E-state index is 12.8. The van der Waals surface area contributed by atoms with E-state index in [1.54, 1.807) is 0 Å². The van der Waals surface area contributed by atoms with Crippen LogP contribution >= 0.6 is 0 Å². The molecule has 0 atom stereocenters. The Labute approximate surface area is 88.9 Å². The predicted molar refractivity (Wildman–Crippen MR) is 48.2 cm³/mol. The molecule has 0 fully saturated rings. The molecule has 0 spiro atoms. The quantitative estimate of drug-likeness (QED) is 0.818. The van der Waals surface area contributed by atoms with E-state index in [2.05, 4.69) is 5.14 Å². The smallest absolute Gasteiger partial charge is 0.228 e. The van der Waals surface area contributed by atoms with Crippen molar-refractivity contribution in [3.8, 4) is 0 Å². The topological polar surface area (TPSA) is 60.2 Å². The lowest BCUT2D eigenvalue weighted by Crippen LogP contribution is -2.16. The minimum atomic E-state index is -4.86. The van der Waals surface area contributed by atoms with Crippen molar-refractivity contribution >= 4 is 10.0 Å². The van der Waals surface area contributed by atoms with Gasteiger partial charge in [-0.1, -0.05) is 6.07 Å². The second-order valence-electron chi connectivity index (χ2n) is 3.12. The maximum atomic E-state index is 12.8. The Hall–Kier alpha value is -1.15. The summed E-state index contributed by atoms with van der Waals surface area (Å²) in [5, 5.41) is 4.66. The third-order valence-corrected chi connectivity index (χ3v) is 2.44. The van der Waals surface area contributed by atoms with Gasteiger partial charge in [0.25, 0.3) is 0 Å². The van der Waals surface area contributed by atoms with Crippen molar-refractivity contribution in [2.45, 2.75) is 11.9 Å². The fourth-order valence-electron chi connectivity index (χ4n) is 1.11. The van der Waals surface area contributed by atoms with E-state index in [0.717, 1.165) is 6.07 Å².